The van der Waals surface area contributed by atoms with Crippen molar-refractivity contribution in [3.8, 4) is 0 Å². The number of aldehydes is 1. The van der Waals surface area contributed by atoms with E-state index >= 15 is 0 Å². The maximum absolute atomic E-state index is 13.4. The molecule has 1 amide bonds. The number of carbonyl (C=O) groups excluding carboxylic acids is 2. The lowest BCUT2D eigenvalue weighted by atomic mass is 9.98. The van der Waals surface area contributed by atoms with Gasteiger partial charge in [-0.2, -0.15) is 13.2 Å². The highest BCUT2D eigenvalue weighted by molar-refractivity contribution is 9.10. The highest BCUT2D eigenvalue weighted by atomic mass is 79.9. The molecule has 0 N–H and O–H groups in total. The van der Waals surface area contributed by atoms with Crippen LogP contribution in [-0.4, -0.2) is 59.1 Å². The van der Waals surface area contributed by atoms with E-state index in [1.54, 1.807) is 37.1 Å². The summed E-state index contributed by atoms with van der Waals surface area (Å²) in [6, 6.07) is 7.18. The van der Waals surface area contributed by atoms with Gasteiger partial charge in [0.2, 0.25) is 0 Å². The van der Waals surface area contributed by atoms with E-state index in [-0.39, 0.29) is 17.7 Å². The van der Waals surface area contributed by atoms with E-state index in [9.17, 15) is 22.8 Å². The zero-order valence-electron chi connectivity index (χ0n) is 24.8. The van der Waals surface area contributed by atoms with E-state index < -0.39 is 30.0 Å². The summed E-state index contributed by atoms with van der Waals surface area (Å²) in [5, 5.41) is 0.234. The Kier molecular flexibility index (Phi) is 11.9. The van der Waals surface area contributed by atoms with Gasteiger partial charge >= 0.3 is 12.3 Å². The van der Waals surface area contributed by atoms with E-state index in [0.29, 0.717) is 36.2 Å². The van der Waals surface area contributed by atoms with Crippen molar-refractivity contribution in [2.75, 3.05) is 24.7 Å². The predicted octanol–water partition coefficient (Wildman–Crippen LogP) is 8.57. The molecule has 2 aromatic heterocycles. The summed E-state index contributed by atoms with van der Waals surface area (Å²) >= 11 is 12.2. The second-order valence-corrected chi connectivity index (χ2v) is 12.9. The lowest BCUT2D eigenvalue weighted by Crippen LogP contribution is -2.41. The van der Waals surface area contributed by atoms with Gasteiger partial charge in [0.1, 0.15) is 17.1 Å². The Morgan fingerprint density at radius 3 is 2.38 bits per heavy atom. The molecule has 0 spiro atoms. The fourth-order valence-electron chi connectivity index (χ4n) is 5.43. The molecule has 2 fully saturated rings. The van der Waals surface area contributed by atoms with Crippen LogP contribution in [0.4, 0.5) is 23.8 Å². The first-order valence-electron chi connectivity index (χ1n) is 14.2. The van der Waals surface area contributed by atoms with Crippen LogP contribution in [0, 0.1) is 6.92 Å². The van der Waals surface area contributed by atoms with Crippen molar-refractivity contribution in [2.45, 2.75) is 64.5 Å². The van der Waals surface area contributed by atoms with Gasteiger partial charge in [0.25, 0.3) is 0 Å². The van der Waals surface area contributed by atoms with Gasteiger partial charge in [0, 0.05) is 52.7 Å². The van der Waals surface area contributed by atoms with Gasteiger partial charge in [0.05, 0.1) is 23.7 Å². The van der Waals surface area contributed by atoms with E-state index in [0.717, 1.165) is 51.8 Å². The van der Waals surface area contributed by atoms with Crippen LogP contribution in [0.3, 0.4) is 0 Å². The summed E-state index contributed by atoms with van der Waals surface area (Å²) < 4.78 is 52.8. The minimum Gasteiger partial charge on any atom is -0.439 e. The first-order valence-corrected chi connectivity index (χ1v) is 16.2. The first-order chi connectivity index (χ1) is 21.3. The molecular formula is C31H32Br2ClF3N4O4. The van der Waals surface area contributed by atoms with E-state index in [1.807, 2.05) is 6.07 Å². The third-order valence-electron chi connectivity index (χ3n) is 7.60. The average molecular weight is 777 g/mol. The smallest absolute Gasteiger partial charge is 0.416 e. The van der Waals surface area contributed by atoms with Gasteiger partial charge < -0.3 is 14.4 Å². The van der Waals surface area contributed by atoms with Crippen LogP contribution in [0.25, 0.3) is 0 Å². The second-order valence-electron chi connectivity index (χ2n) is 10.7. The zero-order chi connectivity index (χ0) is 32.9. The van der Waals surface area contributed by atoms with Crippen molar-refractivity contribution in [1.29, 1.82) is 0 Å². The molecule has 2 aliphatic rings. The van der Waals surface area contributed by atoms with Crippen LogP contribution < -0.4 is 4.90 Å². The highest BCUT2D eigenvalue weighted by Gasteiger charge is 2.41. The maximum Gasteiger partial charge on any atom is 0.416 e. The number of halogens is 6. The third kappa shape index (κ3) is 8.75. The van der Waals surface area contributed by atoms with Crippen molar-refractivity contribution in [1.82, 2.24) is 14.9 Å². The van der Waals surface area contributed by atoms with Crippen molar-refractivity contribution in [3.05, 3.63) is 84.6 Å². The Hall–Kier alpha value is -2.74. The fraction of sp³-hybridized carbons (Fsp3) is 0.419. The molecule has 242 valence electrons. The SMILES string of the molecule is CCN(c1ncc(Br)cc1CN1C(=O)O[C@H](c2cc(C)cc(C(F)(F)F)c2)[C@@H]1C)C1CCOCC1.O=Cc1cc(Br)cnc1Cl. The lowest BCUT2D eigenvalue weighted by Gasteiger charge is -2.36. The molecule has 3 aromatic rings. The summed E-state index contributed by atoms with van der Waals surface area (Å²) in [6.45, 7) is 7.84. The number of aromatic nitrogens is 2. The highest BCUT2D eigenvalue weighted by Crippen LogP contribution is 2.38. The molecular weight excluding hydrogens is 745 g/mol. The maximum atomic E-state index is 13.4. The fourth-order valence-corrected chi connectivity index (χ4v) is 6.31. The minimum atomic E-state index is -4.48. The van der Waals surface area contributed by atoms with Crippen LogP contribution in [0.15, 0.2) is 51.7 Å². The Morgan fingerprint density at radius 2 is 1.76 bits per heavy atom. The van der Waals surface area contributed by atoms with Gasteiger partial charge in [-0.15, -0.1) is 0 Å². The van der Waals surface area contributed by atoms with Crippen LogP contribution in [0.2, 0.25) is 5.15 Å². The molecule has 0 saturated carbocycles. The minimum absolute atomic E-state index is 0.232. The Labute approximate surface area is 281 Å². The molecule has 2 aliphatic heterocycles. The first kappa shape index (κ1) is 35.1. The number of carbonyl (C=O) groups is 2. The summed E-state index contributed by atoms with van der Waals surface area (Å²) in [4.78, 5) is 35.3. The number of rotatable bonds is 7. The molecule has 8 nitrogen and oxygen atoms in total. The van der Waals surface area contributed by atoms with E-state index in [1.165, 1.54) is 6.20 Å². The lowest BCUT2D eigenvalue weighted by molar-refractivity contribution is -0.137. The summed E-state index contributed by atoms with van der Waals surface area (Å²) in [5.41, 5.74) is 1.30. The van der Waals surface area contributed by atoms with Crippen LogP contribution in [0.5, 0.6) is 0 Å². The van der Waals surface area contributed by atoms with Crippen LogP contribution >= 0.6 is 43.5 Å². The number of hydrogen-bond acceptors (Lipinski definition) is 7. The summed E-state index contributed by atoms with van der Waals surface area (Å²) in [6.07, 6.45) is -0.107. The van der Waals surface area contributed by atoms with Gasteiger partial charge in [-0.05, 0) is 95.3 Å². The zero-order valence-corrected chi connectivity index (χ0v) is 28.7. The number of benzene rings is 1. The number of pyridine rings is 2. The molecule has 0 bridgehead atoms. The molecule has 0 unspecified atom stereocenters. The number of alkyl halides is 3. The van der Waals surface area contributed by atoms with E-state index in [4.69, 9.17) is 21.1 Å². The Bertz CT molecular complexity index is 1520. The van der Waals surface area contributed by atoms with E-state index in [2.05, 4.69) is 53.7 Å². The second kappa shape index (κ2) is 15.2. The van der Waals surface area contributed by atoms with Gasteiger partial charge in [-0.25, -0.2) is 14.8 Å². The molecule has 2 saturated heterocycles. The molecule has 14 heteroatoms. The molecule has 1 aromatic carbocycles. The third-order valence-corrected chi connectivity index (χ3v) is 8.79. The predicted molar refractivity (Wildman–Crippen MR) is 172 cm³/mol. The molecule has 2 atom stereocenters. The standard InChI is InChI=1S/C25H29BrF3N3O3.C6H3BrClNO/c1-4-31(21-5-7-34-8-6-21)23-18(12-20(26)13-30-23)14-32-16(3)22(35-24(32)33)17-9-15(2)10-19(11-17)25(27,28)29;7-5-1-4(3-10)6(8)9-2-5/h9-13,16,21-22H,4-8,14H2,1-3H3;1-3H/t16-,22-;/m0./s1. The van der Waals surface area contributed by atoms with Crippen LogP contribution in [0.1, 0.15) is 65.4 Å². The van der Waals surface area contributed by atoms with Gasteiger partial charge in [-0.1, -0.05) is 23.2 Å². The molecule has 4 heterocycles. The molecule has 45 heavy (non-hydrogen) atoms. The molecule has 5 rings (SSSR count). The van der Waals surface area contributed by atoms with Crippen molar-refractivity contribution in [2.24, 2.45) is 0 Å². The Morgan fingerprint density at radius 1 is 1.09 bits per heavy atom. The van der Waals surface area contributed by atoms with Gasteiger partial charge in [0.15, 0.2) is 6.29 Å². The number of hydrogen-bond donors (Lipinski definition) is 0. The number of cyclic esters (lactones) is 1. The van der Waals surface area contributed by atoms with Crippen LogP contribution in [-0.2, 0) is 22.2 Å². The average Bonchev–Trinajstić information content (AvgIpc) is 3.28. The number of aryl methyl sites for hydroxylation is 1. The number of amides is 1. The van der Waals surface area contributed by atoms with Crippen molar-refractivity contribution >= 4 is 61.7 Å². The summed E-state index contributed by atoms with van der Waals surface area (Å²) in [5.74, 6) is 0.793. The largest absolute Gasteiger partial charge is 0.439 e. The Balaban J connectivity index is 0.000000392. The van der Waals surface area contributed by atoms with Crippen molar-refractivity contribution < 1.29 is 32.2 Å². The summed E-state index contributed by atoms with van der Waals surface area (Å²) in [7, 11) is 0. The number of anilines is 1. The number of ether oxygens (including phenoxy) is 2. The monoisotopic (exact) mass is 774 g/mol. The molecule has 0 radical (unpaired) electrons. The van der Waals surface area contributed by atoms with Crippen molar-refractivity contribution in [3.63, 3.8) is 0 Å². The normalized spacial score (nSPS) is 18.7. The molecule has 0 aliphatic carbocycles. The number of nitrogens with zero attached hydrogens (tertiary/aromatic N) is 4. The topological polar surface area (TPSA) is 84.9 Å². The van der Waals surface area contributed by atoms with Gasteiger partial charge in [-0.3, -0.25) is 9.69 Å². The quantitative estimate of drug-likeness (QED) is 0.176.